The molecule has 1 heterocycles. The summed E-state index contributed by atoms with van der Waals surface area (Å²) in [7, 11) is 1.61. The minimum absolute atomic E-state index is 0.276. The van der Waals surface area contributed by atoms with Gasteiger partial charge in [-0.25, -0.2) is 4.39 Å². The summed E-state index contributed by atoms with van der Waals surface area (Å²) in [5.41, 5.74) is 0.852. The lowest BCUT2D eigenvalue weighted by molar-refractivity contribution is 0.0890. The Hall–Kier alpha value is -1.29. The largest absolute Gasteiger partial charge is 0.496 e. The molecule has 1 aliphatic heterocycles. The Bertz CT molecular complexity index is 462. The van der Waals surface area contributed by atoms with Crippen LogP contribution in [0, 0.1) is 5.82 Å². The van der Waals surface area contributed by atoms with Gasteiger partial charge >= 0.3 is 0 Å². The minimum atomic E-state index is -0.300. The van der Waals surface area contributed by atoms with Crippen LogP contribution in [-0.4, -0.2) is 37.2 Å². The molecule has 0 N–H and O–H groups in total. The number of halogens is 1. The van der Waals surface area contributed by atoms with Crippen LogP contribution in [0.5, 0.6) is 11.5 Å². The van der Waals surface area contributed by atoms with Gasteiger partial charge in [0.05, 0.1) is 7.11 Å². The smallest absolute Gasteiger partial charge is 0.165 e. The number of ether oxygens (including phenoxy) is 2. The standard InChI is InChI=1S/C16H24FNO2/c1-5-8-18(11(2)3)12-9-13-15(19-4)7-6-14(17)16(13)20-10-12/h6-7,11-12H,5,8-10H2,1-4H3. The molecule has 4 heteroatoms. The van der Waals surface area contributed by atoms with E-state index in [-0.39, 0.29) is 11.9 Å². The van der Waals surface area contributed by atoms with Crippen LogP contribution >= 0.6 is 0 Å². The van der Waals surface area contributed by atoms with Crippen molar-refractivity contribution in [3.63, 3.8) is 0 Å². The average Bonchev–Trinajstić information content (AvgIpc) is 2.44. The van der Waals surface area contributed by atoms with E-state index in [1.807, 2.05) is 0 Å². The Morgan fingerprint density at radius 2 is 2.20 bits per heavy atom. The first kappa shape index (κ1) is 15.1. The molecule has 0 radical (unpaired) electrons. The van der Waals surface area contributed by atoms with Gasteiger partial charge in [-0.15, -0.1) is 0 Å². The fourth-order valence-electron chi connectivity index (χ4n) is 2.93. The monoisotopic (exact) mass is 281 g/mol. The second kappa shape index (κ2) is 6.44. The Kier molecular flexibility index (Phi) is 4.86. The van der Waals surface area contributed by atoms with E-state index in [1.54, 1.807) is 13.2 Å². The molecule has 0 saturated heterocycles. The second-order valence-corrected chi connectivity index (χ2v) is 5.56. The van der Waals surface area contributed by atoms with Gasteiger partial charge in [0.25, 0.3) is 0 Å². The fourth-order valence-corrected chi connectivity index (χ4v) is 2.93. The topological polar surface area (TPSA) is 21.7 Å². The fraction of sp³-hybridized carbons (Fsp3) is 0.625. The molecule has 0 spiro atoms. The van der Waals surface area contributed by atoms with Crippen LogP contribution in [0.15, 0.2) is 12.1 Å². The number of hydrogen-bond donors (Lipinski definition) is 0. The molecule has 112 valence electrons. The van der Waals surface area contributed by atoms with Crippen LogP contribution in [0.1, 0.15) is 32.8 Å². The van der Waals surface area contributed by atoms with Gasteiger partial charge in [0.2, 0.25) is 0 Å². The predicted octanol–water partition coefficient (Wildman–Crippen LogP) is 3.26. The number of methoxy groups -OCH3 is 1. The van der Waals surface area contributed by atoms with Crippen LogP contribution in [0.2, 0.25) is 0 Å². The molecule has 0 amide bonds. The van der Waals surface area contributed by atoms with Crippen molar-refractivity contribution >= 4 is 0 Å². The Balaban J connectivity index is 2.27. The van der Waals surface area contributed by atoms with E-state index < -0.39 is 0 Å². The first-order chi connectivity index (χ1) is 9.58. The maximum atomic E-state index is 13.8. The number of nitrogens with zero attached hydrogens (tertiary/aromatic N) is 1. The lowest BCUT2D eigenvalue weighted by Crippen LogP contribution is -2.47. The third kappa shape index (κ3) is 2.90. The van der Waals surface area contributed by atoms with Crippen LogP contribution < -0.4 is 9.47 Å². The first-order valence-corrected chi connectivity index (χ1v) is 7.32. The predicted molar refractivity (Wildman–Crippen MR) is 78.1 cm³/mol. The molecule has 1 unspecified atom stereocenters. The van der Waals surface area contributed by atoms with Gasteiger partial charge in [0.1, 0.15) is 12.4 Å². The van der Waals surface area contributed by atoms with Crippen LogP contribution in [0.25, 0.3) is 0 Å². The lowest BCUT2D eigenvalue weighted by atomic mass is 9.99. The van der Waals surface area contributed by atoms with Crippen LogP contribution in [-0.2, 0) is 6.42 Å². The third-order valence-electron chi connectivity index (χ3n) is 3.86. The number of hydrogen-bond acceptors (Lipinski definition) is 3. The Morgan fingerprint density at radius 1 is 1.45 bits per heavy atom. The normalized spacial score (nSPS) is 18.1. The molecule has 1 atom stereocenters. The zero-order valence-corrected chi connectivity index (χ0v) is 12.8. The van der Waals surface area contributed by atoms with Crippen LogP contribution in [0.3, 0.4) is 0 Å². The number of fused-ring (bicyclic) bond motifs is 1. The van der Waals surface area contributed by atoms with Gasteiger partial charge in [-0.3, -0.25) is 4.90 Å². The van der Waals surface area contributed by atoms with Crippen molar-refractivity contribution in [3.05, 3.63) is 23.5 Å². The van der Waals surface area contributed by atoms with Crippen molar-refractivity contribution in [1.29, 1.82) is 0 Å². The van der Waals surface area contributed by atoms with Crippen molar-refractivity contribution in [3.8, 4) is 11.5 Å². The van der Waals surface area contributed by atoms with Gasteiger partial charge in [-0.1, -0.05) is 6.92 Å². The summed E-state index contributed by atoms with van der Waals surface area (Å²) in [6.07, 6.45) is 1.87. The summed E-state index contributed by atoms with van der Waals surface area (Å²) in [6, 6.07) is 3.81. The summed E-state index contributed by atoms with van der Waals surface area (Å²) in [6.45, 7) is 8.11. The van der Waals surface area contributed by atoms with E-state index in [0.29, 0.717) is 24.1 Å². The van der Waals surface area contributed by atoms with Gasteiger partial charge in [0.15, 0.2) is 11.6 Å². The van der Waals surface area contributed by atoms with E-state index in [9.17, 15) is 4.39 Å². The van der Waals surface area contributed by atoms with Crippen molar-refractivity contribution in [2.45, 2.75) is 45.7 Å². The Labute approximate surface area is 120 Å². The van der Waals surface area contributed by atoms with Gasteiger partial charge in [-0.05, 0) is 45.4 Å². The first-order valence-electron chi connectivity index (χ1n) is 7.32. The van der Waals surface area contributed by atoms with Gasteiger partial charge in [-0.2, -0.15) is 0 Å². The molecule has 2 rings (SSSR count). The molecule has 0 saturated carbocycles. The quantitative estimate of drug-likeness (QED) is 0.827. The summed E-state index contributed by atoms with van der Waals surface area (Å²) >= 11 is 0. The summed E-state index contributed by atoms with van der Waals surface area (Å²) in [4.78, 5) is 2.42. The average molecular weight is 281 g/mol. The number of rotatable bonds is 5. The van der Waals surface area contributed by atoms with Crippen LogP contribution in [0.4, 0.5) is 4.39 Å². The van der Waals surface area contributed by atoms with E-state index in [2.05, 4.69) is 25.7 Å². The highest BCUT2D eigenvalue weighted by Crippen LogP contribution is 2.36. The zero-order chi connectivity index (χ0) is 14.7. The number of benzene rings is 1. The van der Waals surface area contributed by atoms with E-state index >= 15 is 0 Å². The lowest BCUT2D eigenvalue weighted by Gasteiger charge is -2.38. The van der Waals surface area contributed by atoms with Crippen molar-refractivity contribution in [2.75, 3.05) is 20.3 Å². The van der Waals surface area contributed by atoms with Crippen molar-refractivity contribution in [1.82, 2.24) is 4.90 Å². The summed E-state index contributed by atoms with van der Waals surface area (Å²) in [5.74, 6) is 0.776. The van der Waals surface area contributed by atoms with E-state index in [4.69, 9.17) is 9.47 Å². The molecule has 3 nitrogen and oxygen atoms in total. The molecule has 0 aliphatic carbocycles. The molecular weight excluding hydrogens is 257 g/mol. The third-order valence-corrected chi connectivity index (χ3v) is 3.86. The second-order valence-electron chi connectivity index (χ2n) is 5.56. The highest BCUT2D eigenvalue weighted by atomic mass is 19.1. The van der Waals surface area contributed by atoms with E-state index in [1.165, 1.54) is 6.07 Å². The zero-order valence-electron chi connectivity index (χ0n) is 12.8. The Morgan fingerprint density at radius 3 is 2.80 bits per heavy atom. The maximum Gasteiger partial charge on any atom is 0.165 e. The highest BCUT2D eigenvalue weighted by Gasteiger charge is 2.30. The molecule has 0 aromatic heterocycles. The molecular formula is C16H24FNO2. The molecule has 1 aromatic rings. The molecule has 1 aromatic carbocycles. The summed E-state index contributed by atoms with van der Waals surface area (Å²) < 4.78 is 24.9. The van der Waals surface area contributed by atoms with Gasteiger partial charge in [0, 0.05) is 17.6 Å². The van der Waals surface area contributed by atoms with Gasteiger partial charge < -0.3 is 9.47 Å². The van der Waals surface area contributed by atoms with Crippen molar-refractivity contribution in [2.24, 2.45) is 0 Å². The minimum Gasteiger partial charge on any atom is -0.496 e. The molecule has 1 aliphatic rings. The maximum absolute atomic E-state index is 13.8. The molecule has 20 heavy (non-hydrogen) atoms. The highest BCUT2D eigenvalue weighted by molar-refractivity contribution is 5.47. The molecule has 0 bridgehead atoms. The summed E-state index contributed by atoms with van der Waals surface area (Å²) in [5, 5.41) is 0. The van der Waals surface area contributed by atoms with E-state index in [0.717, 1.165) is 24.9 Å². The molecule has 0 fully saturated rings. The SMILES string of the molecule is CCCN(C(C)C)C1COc2c(F)ccc(OC)c2C1. The van der Waals surface area contributed by atoms with Crippen molar-refractivity contribution < 1.29 is 13.9 Å².